The second-order valence-electron chi connectivity index (χ2n) is 6.71. The molecule has 2 saturated carbocycles. The van der Waals surface area contributed by atoms with E-state index in [0.29, 0.717) is 26.7 Å². The summed E-state index contributed by atoms with van der Waals surface area (Å²) in [6, 6.07) is 3.64. The fourth-order valence-electron chi connectivity index (χ4n) is 4.11. The van der Waals surface area contributed by atoms with Gasteiger partial charge in [0, 0.05) is 18.2 Å². The van der Waals surface area contributed by atoms with Crippen LogP contribution < -0.4 is 0 Å². The lowest BCUT2D eigenvalue weighted by Gasteiger charge is -2.30. The molecule has 1 aromatic heterocycles. The Hall–Kier alpha value is -1.86. The number of amides is 1. The molecule has 1 N–H and O–H groups in total. The molecule has 25 heavy (non-hydrogen) atoms. The normalized spacial score (nSPS) is 30.3. The van der Waals surface area contributed by atoms with Crippen LogP contribution in [0, 0.1) is 11.8 Å². The van der Waals surface area contributed by atoms with Gasteiger partial charge in [0.25, 0.3) is 5.91 Å². The number of furan rings is 1. The SMILES string of the molecule is O=C(O)C=Cc1ccc(/C=C2\SC(=S)N(C3CC4CCC3C4)C2=O)o1. The van der Waals surface area contributed by atoms with Gasteiger partial charge in [-0.15, -0.1) is 0 Å². The minimum Gasteiger partial charge on any atom is -0.478 e. The van der Waals surface area contributed by atoms with Crippen molar-refractivity contribution in [1.29, 1.82) is 0 Å². The number of thioether (sulfide) groups is 1. The molecule has 1 amide bonds. The first-order chi connectivity index (χ1) is 12.0. The molecule has 3 fully saturated rings. The summed E-state index contributed by atoms with van der Waals surface area (Å²) >= 11 is 6.77. The van der Waals surface area contributed by atoms with E-state index in [9.17, 15) is 9.59 Å². The highest BCUT2D eigenvalue weighted by molar-refractivity contribution is 8.26. The minimum absolute atomic E-state index is 0.0356. The predicted octanol–water partition coefficient (Wildman–Crippen LogP) is 3.77. The maximum atomic E-state index is 12.8. The molecule has 1 aromatic rings. The van der Waals surface area contributed by atoms with E-state index in [1.54, 1.807) is 18.2 Å². The maximum Gasteiger partial charge on any atom is 0.328 e. The number of carboxylic acids is 1. The van der Waals surface area contributed by atoms with E-state index in [1.165, 1.54) is 37.1 Å². The molecule has 3 unspecified atom stereocenters. The van der Waals surface area contributed by atoms with Crippen molar-refractivity contribution < 1.29 is 19.1 Å². The molecule has 4 rings (SSSR count). The Morgan fingerprint density at radius 2 is 2.12 bits per heavy atom. The van der Waals surface area contributed by atoms with Crippen molar-refractivity contribution in [2.45, 2.75) is 31.7 Å². The number of thiocarbonyl (C=S) groups is 1. The van der Waals surface area contributed by atoms with E-state index in [2.05, 4.69) is 0 Å². The van der Waals surface area contributed by atoms with E-state index < -0.39 is 5.97 Å². The fourth-order valence-corrected chi connectivity index (χ4v) is 5.46. The standard InChI is InChI=1S/C18H17NO4S2/c20-16(21)6-5-12-3-4-13(23-12)9-15-17(22)19(18(24)25-15)14-8-10-1-2-11(14)7-10/h3-6,9-11,14H,1-2,7-8H2,(H,20,21)/b6-5?,15-9-. The molecule has 1 aliphatic heterocycles. The van der Waals surface area contributed by atoms with Gasteiger partial charge in [0.1, 0.15) is 15.8 Å². The van der Waals surface area contributed by atoms with Gasteiger partial charge in [-0.2, -0.15) is 0 Å². The predicted molar refractivity (Wildman–Crippen MR) is 99.6 cm³/mol. The van der Waals surface area contributed by atoms with Crippen LogP contribution >= 0.6 is 24.0 Å². The highest BCUT2D eigenvalue weighted by Crippen LogP contribution is 2.49. The maximum absolute atomic E-state index is 12.8. The van der Waals surface area contributed by atoms with Crippen molar-refractivity contribution in [2.75, 3.05) is 0 Å². The molecule has 0 radical (unpaired) electrons. The lowest BCUT2D eigenvalue weighted by molar-refractivity contribution is -0.131. The van der Waals surface area contributed by atoms with Crippen molar-refractivity contribution in [3.8, 4) is 0 Å². The van der Waals surface area contributed by atoms with Gasteiger partial charge in [-0.1, -0.05) is 30.4 Å². The van der Waals surface area contributed by atoms with Crippen molar-refractivity contribution in [3.63, 3.8) is 0 Å². The third-order valence-corrected chi connectivity index (χ3v) is 6.50. The molecule has 2 bridgehead atoms. The molecule has 7 heteroatoms. The van der Waals surface area contributed by atoms with Gasteiger partial charge in [-0.25, -0.2) is 4.79 Å². The Morgan fingerprint density at radius 3 is 2.80 bits per heavy atom. The van der Waals surface area contributed by atoms with Crippen LogP contribution in [-0.4, -0.2) is 32.2 Å². The molecule has 3 aliphatic rings. The quantitative estimate of drug-likeness (QED) is 0.638. The van der Waals surface area contributed by atoms with Gasteiger partial charge in [0.2, 0.25) is 0 Å². The summed E-state index contributed by atoms with van der Waals surface area (Å²) in [5.41, 5.74) is 0. The van der Waals surface area contributed by atoms with Crippen molar-refractivity contribution in [1.82, 2.24) is 4.90 Å². The van der Waals surface area contributed by atoms with Crippen LogP contribution in [0.3, 0.4) is 0 Å². The molecule has 5 nitrogen and oxygen atoms in total. The van der Waals surface area contributed by atoms with Crippen LogP contribution in [0.2, 0.25) is 0 Å². The Bertz CT molecular complexity index is 810. The smallest absolute Gasteiger partial charge is 0.328 e. The summed E-state index contributed by atoms with van der Waals surface area (Å²) < 4.78 is 6.17. The highest BCUT2D eigenvalue weighted by atomic mass is 32.2. The number of hydrogen-bond acceptors (Lipinski definition) is 5. The zero-order valence-electron chi connectivity index (χ0n) is 13.4. The van der Waals surface area contributed by atoms with Crippen LogP contribution in [0.4, 0.5) is 0 Å². The number of carboxylic acid groups (broad SMARTS) is 1. The van der Waals surface area contributed by atoms with Crippen LogP contribution in [-0.2, 0) is 9.59 Å². The van der Waals surface area contributed by atoms with E-state index in [1.807, 2.05) is 4.90 Å². The highest BCUT2D eigenvalue weighted by Gasteiger charge is 2.47. The number of nitrogens with zero attached hydrogens (tertiary/aromatic N) is 1. The molecule has 3 atom stereocenters. The molecule has 2 heterocycles. The van der Waals surface area contributed by atoms with Crippen molar-refractivity contribution >= 4 is 52.3 Å². The average molecular weight is 375 g/mol. The lowest BCUT2D eigenvalue weighted by atomic mass is 9.94. The van der Waals surface area contributed by atoms with Crippen LogP contribution in [0.1, 0.15) is 37.2 Å². The molecule has 1 saturated heterocycles. The summed E-state index contributed by atoms with van der Waals surface area (Å²) in [5.74, 6) is 1.20. The first kappa shape index (κ1) is 16.6. The van der Waals surface area contributed by atoms with Gasteiger partial charge >= 0.3 is 5.97 Å². The summed E-state index contributed by atoms with van der Waals surface area (Å²) in [5, 5.41) is 8.64. The average Bonchev–Trinajstić information content (AvgIpc) is 3.32. The van der Waals surface area contributed by atoms with Crippen LogP contribution in [0.25, 0.3) is 12.2 Å². The topological polar surface area (TPSA) is 70.8 Å². The monoisotopic (exact) mass is 375 g/mol. The fraction of sp³-hybridized carbons (Fsp3) is 0.389. The van der Waals surface area contributed by atoms with Crippen LogP contribution in [0.15, 0.2) is 27.5 Å². The second kappa shape index (κ2) is 6.46. The summed E-state index contributed by atoms with van der Waals surface area (Å²) in [7, 11) is 0. The van der Waals surface area contributed by atoms with Crippen LogP contribution in [0.5, 0.6) is 0 Å². The Labute approximate surface area is 154 Å². The van der Waals surface area contributed by atoms with E-state index in [0.717, 1.165) is 18.4 Å². The van der Waals surface area contributed by atoms with Crippen molar-refractivity contribution in [2.24, 2.45) is 11.8 Å². The number of carbonyl (C=O) groups is 2. The number of rotatable bonds is 4. The van der Waals surface area contributed by atoms with E-state index in [-0.39, 0.29) is 11.9 Å². The van der Waals surface area contributed by atoms with Gasteiger partial charge in [0.05, 0.1) is 4.91 Å². The zero-order chi connectivity index (χ0) is 17.6. The molecule has 2 aliphatic carbocycles. The van der Waals surface area contributed by atoms with Gasteiger partial charge in [-0.3, -0.25) is 9.69 Å². The number of fused-ring (bicyclic) bond motifs is 2. The first-order valence-electron chi connectivity index (χ1n) is 8.29. The number of aliphatic carboxylic acids is 1. The zero-order valence-corrected chi connectivity index (χ0v) is 15.0. The Balaban J connectivity index is 1.52. The molecule has 0 aromatic carbocycles. The first-order valence-corrected chi connectivity index (χ1v) is 9.51. The summed E-state index contributed by atoms with van der Waals surface area (Å²) in [6.07, 6.45) is 8.84. The lowest BCUT2D eigenvalue weighted by Crippen LogP contribution is -2.41. The Morgan fingerprint density at radius 1 is 1.32 bits per heavy atom. The number of carbonyl (C=O) groups excluding carboxylic acids is 1. The minimum atomic E-state index is -1.04. The third kappa shape index (κ3) is 3.18. The molecular weight excluding hydrogens is 358 g/mol. The van der Waals surface area contributed by atoms with Gasteiger partial charge in [-0.05, 0) is 49.3 Å². The van der Waals surface area contributed by atoms with Crippen molar-refractivity contribution in [3.05, 3.63) is 34.6 Å². The van der Waals surface area contributed by atoms with Gasteiger partial charge < -0.3 is 9.52 Å². The molecule has 0 spiro atoms. The second-order valence-corrected chi connectivity index (χ2v) is 8.38. The largest absolute Gasteiger partial charge is 0.478 e. The van der Waals surface area contributed by atoms with E-state index in [4.69, 9.17) is 21.7 Å². The van der Waals surface area contributed by atoms with E-state index >= 15 is 0 Å². The summed E-state index contributed by atoms with van der Waals surface area (Å²) in [4.78, 5) is 25.7. The molecule has 130 valence electrons. The number of hydrogen-bond donors (Lipinski definition) is 1. The Kier molecular flexibility index (Phi) is 4.29. The summed E-state index contributed by atoms with van der Waals surface area (Å²) in [6.45, 7) is 0. The van der Waals surface area contributed by atoms with Gasteiger partial charge in [0.15, 0.2) is 0 Å². The molecular formula is C18H17NO4S2. The third-order valence-electron chi connectivity index (χ3n) is 5.17.